The molecular formula is C25H27NO4. The molecule has 1 saturated heterocycles. The summed E-state index contributed by atoms with van der Waals surface area (Å²) in [6, 6.07) is 12.8. The Kier molecular flexibility index (Phi) is 5.62. The number of hydrogen-bond acceptors (Lipinski definition) is 4. The van der Waals surface area contributed by atoms with Crippen LogP contribution in [0.25, 0.3) is 5.76 Å². The van der Waals surface area contributed by atoms with Crippen LogP contribution < -0.4 is 4.74 Å². The molecule has 30 heavy (non-hydrogen) atoms. The van der Waals surface area contributed by atoms with E-state index in [-0.39, 0.29) is 11.3 Å². The fourth-order valence-electron chi connectivity index (χ4n) is 4.21. The van der Waals surface area contributed by atoms with Crippen molar-refractivity contribution in [3.05, 3.63) is 70.3 Å². The standard InChI is InChI=1S/C25H27NO4/c1-3-5-13-26-22(17-8-6-16(4-2)7-9-17)21(24(28)25(26)29)23(27)19-10-11-20-18(15-19)12-14-30-20/h6-11,15,22,27H,3-5,12-14H2,1-2H3/b23-21-. The van der Waals surface area contributed by atoms with E-state index < -0.39 is 17.7 Å². The summed E-state index contributed by atoms with van der Waals surface area (Å²) in [5.74, 6) is -0.475. The van der Waals surface area contributed by atoms with Crippen LogP contribution in [-0.4, -0.2) is 34.8 Å². The minimum absolute atomic E-state index is 0.119. The molecule has 0 radical (unpaired) electrons. The van der Waals surface area contributed by atoms with Crippen LogP contribution in [0.15, 0.2) is 48.0 Å². The molecule has 1 N–H and O–H groups in total. The van der Waals surface area contributed by atoms with Crippen LogP contribution in [0.2, 0.25) is 0 Å². The van der Waals surface area contributed by atoms with Crippen LogP contribution in [0, 0.1) is 0 Å². The number of carbonyl (C=O) groups excluding carboxylic acids is 2. The number of amides is 1. The summed E-state index contributed by atoms with van der Waals surface area (Å²) in [5, 5.41) is 11.2. The molecule has 1 unspecified atom stereocenters. The van der Waals surface area contributed by atoms with E-state index in [1.165, 1.54) is 5.56 Å². The number of unbranched alkanes of at least 4 members (excludes halogenated alkanes) is 1. The van der Waals surface area contributed by atoms with Crippen molar-refractivity contribution in [2.75, 3.05) is 13.2 Å². The molecule has 0 aromatic heterocycles. The Morgan fingerprint density at radius 3 is 2.60 bits per heavy atom. The van der Waals surface area contributed by atoms with Gasteiger partial charge < -0.3 is 14.7 Å². The van der Waals surface area contributed by atoms with Gasteiger partial charge in [0.1, 0.15) is 11.5 Å². The molecule has 0 aliphatic carbocycles. The molecule has 5 nitrogen and oxygen atoms in total. The monoisotopic (exact) mass is 405 g/mol. The van der Waals surface area contributed by atoms with Crippen LogP contribution in [0.1, 0.15) is 55.0 Å². The zero-order valence-corrected chi connectivity index (χ0v) is 17.5. The third kappa shape index (κ3) is 3.49. The molecule has 0 saturated carbocycles. The first-order valence-electron chi connectivity index (χ1n) is 10.7. The molecule has 2 heterocycles. The Morgan fingerprint density at radius 2 is 1.90 bits per heavy atom. The number of hydrogen-bond donors (Lipinski definition) is 1. The number of carbonyl (C=O) groups is 2. The van der Waals surface area contributed by atoms with Gasteiger partial charge in [0.2, 0.25) is 0 Å². The molecular weight excluding hydrogens is 378 g/mol. The number of fused-ring (bicyclic) bond motifs is 1. The quantitative estimate of drug-likeness (QED) is 0.439. The lowest BCUT2D eigenvalue weighted by Gasteiger charge is -2.25. The summed E-state index contributed by atoms with van der Waals surface area (Å²) in [5.41, 5.74) is 3.74. The zero-order valence-electron chi connectivity index (χ0n) is 17.5. The molecule has 2 aliphatic heterocycles. The summed E-state index contributed by atoms with van der Waals surface area (Å²) in [4.78, 5) is 27.5. The lowest BCUT2D eigenvalue weighted by atomic mass is 9.93. The maximum Gasteiger partial charge on any atom is 0.295 e. The maximum atomic E-state index is 13.0. The number of ether oxygens (including phenoxy) is 1. The lowest BCUT2D eigenvalue weighted by Crippen LogP contribution is -2.30. The van der Waals surface area contributed by atoms with Gasteiger partial charge in [0.05, 0.1) is 18.2 Å². The predicted molar refractivity (Wildman–Crippen MR) is 115 cm³/mol. The molecule has 0 bridgehead atoms. The van der Waals surface area contributed by atoms with Crippen molar-refractivity contribution in [3.63, 3.8) is 0 Å². The number of benzene rings is 2. The summed E-state index contributed by atoms with van der Waals surface area (Å²) in [6.45, 7) is 5.23. The highest BCUT2D eigenvalue weighted by Crippen LogP contribution is 2.40. The predicted octanol–water partition coefficient (Wildman–Crippen LogP) is 4.41. The minimum Gasteiger partial charge on any atom is -0.507 e. The molecule has 2 aromatic carbocycles. The molecule has 0 spiro atoms. The van der Waals surface area contributed by atoms with Crippen molar-refractivity contribution in [1.82, 2.24) is 4.90 Å². The number of rotatable bonds is 6. The van der Waals surface area contributed by atoms with Crippen molar-refractivity contribution in [2.24, 2.45) is 0 Å². The van der Waals surface area contributed by atoms with Gasteiger partial charge in [0.15, 0.2) is 0 Å². The van der Waals surface area contributed by atoms with Gasteiger partial charge in [-0.2, -0.15) is 0 Å². The Bertz CT molecular complexity index is 1010. The molecule has 1 atom stereocenters. The van der Waals surface area contributed by atoms with Crippen LogP contribution in [0.4, 0.5) is 0 Å². The first kappa shape index (κ1) is 20.2. The topological polar surface area (TPSA) is 66.8 Å². The molecule has 4 rings (SSSR count). The van der Waals surface area contributed by atoms with Crippen molar-refractivity contribution >= 4 is 17.4 Å². The SMILES string of the molecule is CCCCN1C(=O)C(=O)/C(=C(\O)c2ccc3c(c2)CCO3)C1c1ccc(CC)cc1. The Balaban J connectivity index is 1.82. The van der Waals surface area contributed by atoms with E-state index in [0.29, 0.717) is 18.7 Å². The lowest BCUT2D eigenvalue weighted by molar-refractivity contribution is -0.139. The highest BCUT2D eigenvalue weighted by atomic mass is 16.5. The van der Waals surface area contributed by atoms with Gasteiger partial charge in [0.25, 0.3) is 11.7 Å². The number of aryl methyl sites for hydroxylation is 1. The average Bonchev–Trinajstić information content (AvgIpc) is 3.34. The number of ketones is 1. The van der Waals surface area contributed by atoms with Crippen molar-refractivity contribution in [3.8, 4) is 5.75 Å². The van der Waals surface area contributed by atoms with Gasteiger partial charge >= 0.3 is 0 Å². The third-order valence-corrected chi connectivity index (χ3v) is 5.96. The largest absolute Gasteiger partial charge is 0.507 e. The second kappa shape index (κ2) is 8.34. The van der Waals surface area contributed by atoms with E-state index in [0.717, 1.165) is 42.6 Å². The van der Waals surface area contributed by atoms with Gasteiger partial charge in [-0.1, -0.05) is 44.5 Å². The molecule has 1 amide bonds. The number of nitrogens with zero attached hydrogens (tertiary/aromatic N) is 1. The number of aliphatic hydroxyl groups is 1. The van der Waals surface area contributed by atoms with Crippen molar-refractivity contribution < 1.29 is 19.4 Å². The molecule has 2 aromatic rings. The number of Topliss-reactive ketones (excluding diaryl/α,β-unsaturated/α-hetero) is 1. The van der Waals surface area contributed by atoms with E-state index >= 15 is 0 Å². The highest BCUT2D eigenvalue weighted by Gasteiger charge is 2.45. The van der Waals surface area contributed by atoms with Crippen molar-refractivity contribution in [2.45, 2.75) is 45.6 Å². The Labute approximate surface area is 177 Å². The van der Waals surface area contributed by atoms with Crippen LogP contribution in [0.5, 0.6) is 5.75 Å². The summed E-state index contributed by atoms with van der Waals surface area (Å²) in [7, 11) is 0. The van der Waals surface area contributed by atoms with E-state index in [1.807, 2.05) is 43.3 Å². The van der Waals surface area contributed by atoms with Crippen LogP contribution in [0.3, 0.4) is 0 Å². The number of likely N-dealkylation sites (tertiary alicyclic amines) is 1. The Morgan fingerprint density at radius 1 is 1.13 bits per heavy atom. The first-order valence-corrected chi connectivity index (χ1v) is 10.7. The second-order valence-corrected chi connectivity index (χ2v) is 7.86. The Hall–Kier alpha value is -3.08. The third-order valence-electron chi connectivity index (χ3n) is 5.96. The average molecular weight is 405 g/mol. The smallest absolute Gasteiger partial charge is 0.295 e. The van der Waals surface area contributed by atoms with E-state index in [4.69, 9.17) is 4.74 Å². The van der Waals surface area contributed by atoms with Gasteiger partial charge in [-0.15, -0.1) is 0 Å². The minimum atomic E-state index is -0.620. The molecule has 1 fully saturated rings. The summed E-state index contributed by atoms with van der Waals surface area (Å²) >= 11 is 0. The van der Waals surface area contributed by atoms with Gasteiger partial charge in [-0.05, 0) is 47.7 Å². The number of aliphatic hydroxyl groups excluding tert-OH is 1. The van der Waals surface area contributed by atoms with E-state index in [9.17, 15) is 14.7 Å². The van der Waals surface area contributed by atoms with E-state index in [2.05, 4.69) is 6.92 Å². The fraction of sp³-hybridized carbons (Fsp3) is 0.360. The zero-order chi connectivity index (χ0) is 21.3. The summed E-state index contributed by atoms with van der Waals surface area (Å²) in [6.07, 6.45) is 3.39. The molecule has 2 aliphatic rings. The van der Waals surface area contributed by atoms with Gasteiger partial charge in [-0.3, -0.25) is 9.59 Å². The first-order chi connectivity index (χ1) is 14.5. The molecule has 5 heteroatoms. The van der Waals surface area contributed by atoms with Crippen LogP contribution >= 0.6 is 0 Å². The molecule has 156 valence electrons. The maximum absolute atomic E-state index is 13.0. The van der Waals surface area contributed by atoms with E-state index in [1.54, 1.807) is 11.0 Å². The van der Waals surface area contributed by atoms with Crippen LogP contribution in [-0.2, 0) is 22.4 Å². The second-order valence-electron chi connectivity index (χ2n) is 7.86. The van der Waals surface area contributed by atoms with Crippen molar-refractivity contribution in [1.29, 1.82) is 0 Å². The normalized spacial score (nSPS) is 19.8. The van der Waals surface area contributed by atoms with Gasteiger partial charge in [-0.25, -0.2) is 0 Å². The highest BCUT2D eigenvalue weighted by molar-refractivity contribution is 6.46. The van der Waals surface area contributed by atoms with Gasteiger partial charge in [0, 0.05) is 18.5 Å². The summed E-state index contributed by atoms with van der Waals surface area (Å²) < 4.78 is 5.54. The fourth-order valence-corrected chi connectivity index (χ4v) is 4.21.